The Morgan fingerprint density at radius 1 is 1.40 bits per heavy atom. The van der Waals surface area contributed by atoms with Gasteiger partial charge >= 0.3 is 0 Å². The van der Waals surface area contributed by atoms with Gasteiger partial charge in [-0.3, -0.25) is 0 Å². The summed E-state index contributed by atoms with van der Waals surface area (Å²) in [6.45, 7) is 6.27. The second-order valence-electron chi connectivity index (χ2n) is 5.65. The Balaban J connectivity index is 1.65. The number of nitrogens with zero attached hydrogens (tertiary/aromatic N) is 1. The van der Waals surface area contributed by atoms with Crippen molar-refractivity contribution in [1.82, 2.24) is 10.2 Å². The van der Waals surface area contributed by atoms with Crippen molar-refractivity contribution in [2.45, 2.75) is 45.2 Å². The third-order valence-corrected chi connectivity index (χ3v) is 4.43. The van der Waals surface area contributed by atoms with Crippen LogP contribution in [0.5, 0.6) is 0 Å². The molecule has 2 rings (SSSR count). The predicted molar refractivity (Wildman–Crippen MR) is 82.6 cm³/mol. The average Bonchev–Trinajstić information content (AvgIpc) is 2.44. The fourth-order valence-electron chi connectivity index (χ4n) is 2.80. The zero-order valence-corrected chi connectivity index (χ0v) is 12.9. The Bertz CT molecular complexity index is 425. The standard InChI is InChI=1S/C16H24ClFN2/c1-13-5-2-3-9-20(13)10-4-8-19-12-14-11-15(18)6-7-16(14)17/h6-7,11,13,19H,2-5,8-10,12H2,1H3. The Hall–Kier alpha value is -0.640. The van der Waals surface area contributed by atoms with Crippen LogP contribution in [0.15, 0.2) is 18.2 Å². The molecular formula is C16H24ClFN2. The fourth-order valence-corrected chi connectivity index (χ4v) is 2.98. The monoisotopic (exact) mass is 298 g/mol. The molecule has 0 radical (unpaired) electrons. The number of hydrogen-bond donors (Lipinski definition) is 1. The van der Waals surface area contributed by atoms with Crippen molar-refractivity contribution in [1.29, 1.82) is 0 Å². The van der Waals surface area contributed by atoms with Gasteiger partial charge in [0.05, 0.1) is 0 Å². The van der Waals surface area contributed by atoms with Gasteiger partial charge < -0.3 is 10.2 Å². The topological polar surface area (TPSA) is 15.3 Å². The number of benzene rings is 1. The quantitative estimate of drug-likeness (QED) is 0.803. The van der Waals surface area contributed by atoms with Crippen molar-refractivity contribution in [3.05, 3.63) is 34.6 Å². The minimum Gasteiger partial charge on any atom is -0.313 e. The molecule has 112 valence electrons. The highest BCUT2D eigenvalue weighted by atomic mass is 35.5. The summed E-state index contributed by atoms with van der Waals surface area (Å²) < 4.78 is 13.1. The van der Waals surface area contributed by atoms with Gasteiger partial charge in [0, 0.05) is 17.6 Å². The molecule has 0 amide bonds. The lowest BCUT2D eigenvalue weighted by molar-refractivity contribution is 0.159. The summed E-state index contributed by atoms with van der Waals surface area (Å²) in [5.74, 6) is -0.228. The highest BCUT2D eigenvalue weighted by Crippen LogP contribution is 2.17. The Labute approximate surface area is 126 Å². The lowest BCUT2D eigenvalue weighted by Gasteiger charge is -2.33. The largest absolute Gasteiger partial charge is 0.313 e. The van der Waals surface area contributed by atoms with E-state index in [0.29, 0.717) is 11.6 Å². The summed E-state index contributed by atoms with van der Waals surface area (Å²) in [7, 11) is 0. The normalized spacial score (nSPS) is 20.2. The smallest absolute Gasteiger partial charge is 0.123 e. The van der Waals surface area contributed by atoms with Crippen LogP contribution in [0.25, 0.3) is 0 Å². The number of likely N-dealkylation sites (tertiary alicyclic amines) is 1. The Kier molecular flexibility index (Phi) is 6.27. The highest BCUT2D eigenvalue weighted by Gasteiger charge is 2.16. The van der Waals surface area contributed by atoms with Crippen LogP contribution in [-0.2, 0) is 6.54 Å². The zero-order valence-electron chi connectivity index (χ0n) is 12.2. The summed E-state index contributed by atoms with van der Waals surface area (Å²) in [4.78, 5) is 2.57. The van der Waals surface area contributed by atoms with E-state index in [1.807, 2.05) is 0 Å². The molecule has 2 nitrogen and oxygen atoms in total. The molecule has 1 aromatic carbocycles. The van der Waals surface area contributed by atoms with E-state index >= 15 is 0 Å². The first-order valence-electron chi connectivity index (χ1n) is 7.55. The predicted octanol–water partition coefficient (Wildman–Crippen LogP) is 3.83. The molecule has 0 spiro atoms. The molecule has 1 fully saturated rings. The van der Waals surface area contributed by atoms with Crippen LogP contribution in [0.3, 0.4) is 0 Å². The molecule has 0 saturated carbocycles. The van der Waals surface area contributed by atoms with E-state index in [2.05, 4.69) is 17.1 Å². The average molecular weight is 299 g/mol. The lowest BCUT2D eigenvalue weighted by Crippen LogP contribution is -2.38. The van der Waals surface area contributed by atoms with E-state index in [-0.39, 0.29) is 5.82 Å². The third kappa shape index (κ3) is 4.72. The molecule has 0 aromatic heterocycles. The minimum atomic E-state index is -0.228. The number of piperidine rings is 1. The van der Waals surface area contributed by atoms with E-state index in [9.17, 15) is 4.39 Å². The second kappa shape index (κ2) is 7.96. The SMILES string of the molecule is CC1CCCCN1CCCNCc1cc(F)ccc1Cl. The number of halogens is 2. The van der Waals surface area contributed by atoms with Crippen molar-refractivity contribution in [3.8, 4) is 0 Å². The maximum atomic E-state index is 13.1. The molecule has 1 aromatic rings. The van der Waals surface area contributed by atoms with Gasteiger partial charge in [-0.25, -0.2) is 4.39 Å². The first-order chi connectivity index (χ1) is 9.66. The maximum Gasteiger partial charge on any atom is 0.123 e. The first-order valence-corrected chi connectivity index (χ1v) is 7.93. The Morgan fingerprint density at radius 3 is 3.05 bits per heavy atom. The molecule has 1 heterocycles. The van der Waals surface area contributed by atoms with Crippen molar-refractivity contribution in [2.24, 2.45) is 0 Å². The summed E-state index contributed by atoms with van der Waals surface area (Å²) in [5.41, 5.74) is 0.831. The van der Waals surface area contributed by atoms with E-state index in [1.165, 1.54) is 37.9 Å². The zero-order chi connectivity index (χ0) is 14.4. The number of nitrogens with one attached hydrogen (secondary N) is 1. The fraction of sp³-hybridized carbons (Fsp3) is 0.625. The van der Waals surface area contributed by atoms with Crippen molar-refractivity contribution < 1.29 is 4.39 Å². The van der Waals surface area contributed by atoms with Gasteiger partial charge in [-0.15, -0.1) is 0 Å². The van der Waals surface area contributed by atoms with Crippen LogP contribution in [0.1, 0.15) is 38.2 Å². The van der Waals surface area contributed by atoms with Crippen molar-refractivity contribution >= 4 is 11.6 Å². The van der Waals surface area contributed by atoms with Gasteiger partial charge in [0.25, 0.3) is 0 Å². The number of hydrogen-bond acceptors (Lipinski definition) is 2. The van der Waals surface area contributed by atoms with E-state index in [4.69, 9.17) is 11.6 Å². The molecule has 20 heavy (non-hydrogen) atoms. The first kappa shape index (κ1) is 15.7. The molecule has 1 atom stereocenters. The van der Waals surface area contributed by atoms with Crippen LogP contribution in [0, 0.1) is 5.82 Å². The van der Waals surface area contributed by atoms with E-state index < -0.39 is 0 Å². The summed E-state index contributed by atoms with van der Waals surface area (Å²) in [6.07, 6.45) is 5.15. The van der Waals surface area contributed by atoms with Crippen LogP contribution >= 0.6 is 11.6 Å². The third-order valence-electron chi connectivity index (χ3n) is 4.06. The highest BCUT2D eigenvalue weighted by molar-refractivity contribution is 6.31. The van der Waals surface area contributed by atoms with Gasteiger partial charge in [-0.2, -0.15) is 0 Å². The summed E-state index contributed by atoms with van der Waals surface area (Å²) >= 11 is 6.03. The molecule has 1 unspecified atom stereocenters. The molecule has 1 saturated heterocycles. The Morgan fingerprint density at radius 2 is 2.25 bits per heavy atom. The molecule has 1 aliphatic heterocycles. The van der Waals surface area contributed by atoms with Gasteiger partial charge in [-0.1, -0.05) is 18.0 Å². The van der Waals surface area contributed by atoms with Crippen LogP contribution in [-0.4, -0.2) is 30.6 Å². The minimum absolute atomic E-state index is 0.228. The van der Waals surface area contributed by atoms with Gasteiger partial charge in [0.2, 0.25) is 0 Å². The van der Waals surface area contributed by atoms with Crippen molar-refractivity contribution in [3.63, 3.8) is 0 Å². The van der Waals surface area contributed by atoms with Crippen molar-refractivity contribution in [2.75, 3.05) is 19.6 Å². The summed E-state index contributed by atoms with van der Waals surface area (Å²) in [6, 6.07) is 5.23. The van der Waals surface area contributed by atoms with Crippen LogP contribution in [0.4, 0.5) is 4.39 Å². The van der Waals surface area contributed by atoms with Gasteiger partial charge in [0.15, 0.2) is 0 Å². The molecule has 0 aliphatic carbocycles. The number of rotatable bonds is 6. The van der Waals surface area contributed by atoms with E-state index in [1.54, 1.807) is 6.07 Å². The van der Waals surface area contributed by atoms with E-state index in [0.717, 1.165) is 31.1 Å². The molecule has 0 bridgehead atoms. The molecular weight excluding hydrogens is 275 g/mol. The lowest BCUT2D eigenvalue weighted by atomic mass is 10.0. The molecule has 1 N–H and O–H groups in total. The van der Waals surface area contributed by atoms with Crippen LogP contribution < -0.4 is 5.32 Å². The van der Waals surface area contributed by atoms with Gasteiger partial charge in [0.1, 0.15) is 5.82 Å². The summed E-state index contributed by atoms with van der Waals surface area (Å²) in [5, 5.41) is 3.97. The maximum absolute atomic E-state index is 13.1. The molecule has 4 heteroatoms. The van der Waals surface area contributed by atoms with Gasteiger partial charge in [-0.05, 0) is 69.6 Å². The molecule has 1 aliphatic rings. The van der Waals surface area contributed by atoms with Crippen LogP contribution in [0.2, 0.25) is 5.02 Å². The second-order valence-corrected chi connectivity index (χ2v) is 6.05.